The van der Waals surface area contributed by atoms with Crippen molar-refractivity contribution in [1.82, 2.24) is 0 Å². The molecule has 5 rings (SSSR count). The molecule has 0 bridgehead atoms. The van der Waals surface area contributed by atoms with Gasteiger partial charge in [-0.15, -0.1) is 0 Å². The van der Waals surface area contributed by atoms with E-state index in [2.05, 4.69) is 155 Å². The van der Waals surface area contributed by atoms with Crippen LogP contribution >= 0.6 is 0 Å². The number of rotatable bonds is 21. The fraction of sp³-hybridized carbons (Fsp3) is 0.455. The molecule has 1 radical (unpaired) electrons. The van der Waals surface area contributed by atoms with Gasteiger partial charge in [0.1, 0.15) is 11.6 Å². The number of quaternary nitrogens is 1. The first kappa shape index (κ1) is 54.5. The zero-order chi connectivity index (χ0) is 45.6. The Hall–Kier alpha value is -3.67. The summed E-state index contributed by atoms with van der Waals surface area (Å²) in [6, 6.07) is 40.0. The smallest absolute Gasteiger partial charge is 0.152 e. The van der Waals surface area contributed by atoms with Crippen molar-refractivity contribution in [3.63, 3.8) is 0 Å². The van der Waals surface area contributed by atoms with Gasteiger partial charge >= 0.3 is 0 Å². The minimum absolute atomic E-state index is 0.0631. The molecule has 0 atom stereocenters. The zero-order valence-corrected chi connectivity index (χ0v) is 42.4. The number of hydrogen-bond donors (Lipinski definition) is 0. The van der Waals surface area contributed by atoms with Gasteiger partial charge in [0.05, 0.1) is 26.2 Å². The van der Waals surface area contributed by atoms with Crippen molar-refractivity contribution in [3.8, 4) is 0 Å². The molecule has 5 aromatic rings. The second-order valence-corrected chi connectivity index (χ2v) is 23.4. The standard InChI is InChI=1S/C19H19BFSi.C16H36N.C13H20B.C7H9BF/c1-22(18-11-4-2-5-12-18,19-13-6-3-7-14-19)20-16-9-8-10-17(21)15-16;1-5-9-13-17(14-10-6-2,15-11-7-3)16-12-8-4;1-5-6-7-14-13-11(3)8-10(2)9-12(13)4;1-8-6-3-2-4-7(9)5-6/h2-15H,20H2,1H3;5-16H2,1-4H3;8-9H,5-7H2,1-4H3;2-5H,8H2,1H3/q-1;+1;;-1. The largest absolute Gasteiger partial charge is 0.324 e. The van der Waals surface area contributed by atoms with Gasteiger partial charge < -0.3 is 4.48 Å². The third kappa shape index (κ3) is 20.2. The first-order valence-corrected chi connectivity index (χ1v) is 28.0. The Bertz CT molecular complexity index is 1810. The molecule has 7 heteroatoms. The van der Waals surface area contributed by atoms with Crippen LogP contribution in [0.2, 0.25) is 19.7 Å². The van der Waals surface area contributed by atoms with Gasteiger partial charge in [0.25, 0.3) is 0 Å². The van der Waals surface area contributed by atoms with Crippen LogP contribution in [0.4, 0.5) is 8.78 Å². The van der Waals surface area contributed by atoms with Crippen LogP contribution in [0.1, 0.15) is 116 Å². The number of benzene rings is 5. The molecule has 62 heavy (non-hydrogen) atoms. The fourth-order valence-corrected chi connectivity index (χ4v) is 13.5. The minimum Gasteiger partial charge on any atom is -0.324 e. The van der Waals surface area contributed by atoms with Gasteiger partial charge in [-0.1, -0.05) is 228 Å². The van der Waals surface area contributed by atoms with E-state index >= 15 is 0 Å². The maximum absolute atomic E-state index is 13.6. The average molecular weight is 858 g/mol. The first-order chi connectivity index (χ1) is 29.9. The Balaban J connectivity index is 0.000000298. The topological polar surface area (TPSA) is 0 Å². The summed E-state index contributed by atoms with van der Waals surface area (Å²) >= 11 is 0. The first-order valence-electron chi connectivity index (χ1n) is 25.0. The second-order valence-electron chi connectivity index (χ2n) is 18.5. The number of unbranched alkanes of at least 4 members (excludes halogenated alkanes) is 5. The number of hydrogen-bond acceptors (Lipinski definition) is 0. The number of nitrogens with zero attached hydrogens (tertiary/aromatic N) is 1. The van der Waals surface area contributed by atoms with Crippen LogP contribution in [0.25, 0.3) is 0 Å². The molecule has 337 valence electrons. The quantitative estimate of drug-likeness (QED) is 0.0392. The summed E-state index contributed by atoms with van der Waals surface area (Å²) in [5.41, 5.74) is 8.02. The van der Waals surface area contributed by atoms with Gasteiger partial charge in [-0.2, -0.15) is 6.82 Å². The Morgan fingerprint density at radius 1 is 0.516 bits per heavy atom. The highest BCUT2D eigenvalue weighted by Gasteiger charge is 2.26. The Morgan fingerprint density at radius 2 is 0.919 bits per heavy atom. The molecule has 0 unspecified atom stereocenters. The van der Waals surface area contributed by atoms with Crippen molar-refractivity contribution in [1.29, 1.82) is 0 Å². The molecule has 0 aliphatic heterocycles. The molecule has 0 aliphatic rings. The lowest BCUT2D eigenvalue weighted by Gasteiger charge is -2.39. The van der Waals surface area contributed by atoms with E-state index in [-0.39, 0.29) is 18.9 Å². The van der Waals surface area contributed by atoms with Crippen LogP contribution in [0, 0.1) is 32.4 Å². The number of halogens is 2. The lowest BCUT2D eigenvalue weighted by atomic mass is 9.63. The lowest BCUT2D eigenvalue weighted by Crippen LogP contribution is -2.63. The third-order valence-corrected chi connectivity index (χ3v) is 18.0. The lowest BCUT2D eigenvalue weighted by molar-refractivity contribution is -0.929. The molecule has 0 heterocycles. The van der Waals surface area contributed by atoms with E-state index in [1.54, 1.807) is 18.2 Å². The molecule has 0 saturated carbocycles. The zero-order valence-electron chi connectivity index (χ0n) is 41.4. The molecule has 1 nitrogen and oxygen atoms in total. The SMILES string of the molecule is CCCC[B]c1c(C)cc(C)cc1C.CCCC[N+](CCCC)(CCCC)CCCC.C[BH2-]c1cccc(F)c1.C[Si]([BH2-]c1cccc(F)c1)(c1ccccc1)c1ccccc1. The monoisotopic (exact) mass is 858 g/mol. The highest BCUT2D eigenvalue weighted by Crippen LogP contribution is 2.16. The van der Waals surface area contributed by atoms with E-state index in [9.17, 15) is 8.78 Å². The second kappa shape index (κ2) is 31.2. The maximum atomic E-state index is 13.6. The summed E-state index contributed by atoms with van der Waals surface area (Å²) in [6.07, 6.45) is 14.8. The Kier molecular flexibility index (Phi) is 27.4. The summed E-state index contributed by atoms with van der Waals surface area (Å²) in [6.45, 7) is 27.9. The van der Waals surface area contributed by atoms with Crippen LogP contribution in [-0.2, 0) is 0 Å². The summed E-state index contributed by atoms with van der Waals surface area (Å²) in [4.78, 5) is 0. The molecule has 0 aromatic heterocycles. The van der Waals surface area contributed by atoms with Gasteiger partial charge in [-0.25, -0.2) is 19.7 Å². The van der Waals surface area contributed by atoms with Crippen molar-refractivity contribution < 1.29 is 13.3 Å². The molecule has 0 aliphatic carbocycles. The maximum Gasteiger partial charge on any atom is 0.152 e. The van der Waals surface area contributed by atoms with E-state index in [0.717, 1.165) is 0 Å². The fourth-order valence-electron chi connectivity index (χ4n) is 9.03. The Labute approximate surface area is 382 Å². The van der Waals surface area contributed by atoms with Crippen molar-refractivity contribution in [3.05, 3.63) is 150 Å². The minimum atomic E-state index is -1.81. The van der Waals surface area contributed by atoms with E-state index < -0.39 is 14.8 Å². The van der Waals surface area contributed by atoms with E-state index in [4.69, 9.17) is 0 Å². The van der Waals surface area contributed by atoms with Crippen LogP contribution in [0.5, 0.6) is 0 Å². The highest BCUT2D eigenvalue weighted by atomic mass is 28.3. The predicted octanol–water partition coefficient (Wildman–Crippen LogP) is 10.8. The molecule has 5 aromatic carbocycles. The molecule has 0 N–H and O–H groups in total. The summed E-state index contributed by atoms with van der Waals surface area (Å²) in [7, 11) is 0.512. The number of aryl methyl sites for hydroxylation is 3. The van der Waals surface area contributed by atoms with Crippen molar-refractivity contribution in [2.24, 2.45) is 0 Å². The summed E-state index contributed by atoms with van der Waals surface area (Å²) < 4.78 is 27.4. The predicted molar refractivity (Wildman–Crippen MR) is 284 cm³/mol. The summed E-state index contributed by atoms with van der Waals surface area (Å²) in [5.74, 6) is -0.239. The van der Waals surface area contributed by atoms with E-state index in [0.29, 0.717) is 0 Å². The van der Waals surface area contributed by atoms with Gasteiger partial charge in [0.15, 0.2) is 7.28 Å². The van der Waals surface area contributed by atoms with Crippen molar-refractivity contribution >= 4 is 56.1 Å². The van der Waals surface area contributed by atoms with E-state index in [1.165, 1.54) is 157 Å². The Morgan fingerprint density at radius 3 is 1.29 bits per heavy atom. The van der Waals surface area contributed by atoms with Crippen LogP contribution in [-0.4, -0.2) is 60.0 Å². The van der Waals surface area contributed by atoms with Crippen molar-refractivity contribution in [2.45, 2.75) is 139 Å². The van der Waals surface area contributed by atoms with Crippen LogP contribution in [0.15, 0.2) is 121 Å². The van der Waals surface area contributed by atoms with Gasteiger partial charge in [-0.05, 0) is 73.8 Å². The third-order valence-electron chi connectivity index (χ3n) is 12.9. The average Bonchev–Trinajstić information content (AvgIpc) is 3.28. The molecular weight excluding hydrogens is 773 g/mol. The molecule has 0 fully saturated rings. The molecular formula is C55H84B3F2NSi-. The molecule has 0 spiro atoms. The van der Waals surface area contributed by atoms with Crippen LogP contribution < -0.4 is 26.8 Å². The van der Waals surface area contributed by atoms with Crippen LogP contribution in [0.3, 0.4) is 0 Å². The van der Waals surface area contributed by atoms with Crippen molar-refractivity contribution in [2.75, 3.05) is 26.2 Å². The van der Waals surface area contributed by atoms with Gasteiger partial charge in [0, 0.05) is 6.87 Å². The summed E-state index contributed by atoms with van der Waals surface area (Å²) in [5, 5.41) is 2.87. The normalized spacial score (nSPS) is 11.0. The molecule has 0 saturated heterocycles. The highest BCUT2D eigenvalue weighted by molar-refractivity contribution is 7.40. The molecule has 0 amide bonds. The van der Waals surface area contributed by atoms with Gasteiger partial charge in [-0.3, -0.25) is 0 Å². The van der Waals surface area contributed by atoms with Gasteiger partial charge in [0.2, 0.25) is 0 Å². The van der Waals surface area contributed by atoms with E-state index in [1.807, 2.05) is 12.1 Å².